The summed E-state index contributed by atoms with van der Waals surface area (Å²) in [6.07, 6.45) is 0. The molecule has 56 heavy (non-hydrogen) atoms. The van der Waals surface area contributed by atoms with Crippen LogP contribution in [0.15, 0.2) is 231 Å². The van der Waals surface area contributed by atoms with E-state index in [1.54, 1.807) is 0 Å². The van der Waals surface area contributed by atoms with Gasteiger partial charge in [-0.05, 0) is 117 Å². The van der Waals surface area contributed by atoms with Gasteiger partial charge in [0.15, 0.2) is 0 Å². The molecule has 10 rings (SSSR count). The molecule has 0 atom stereocenters. The number of nitrogens with zero attached hydrogens (tertiary/aromatic N) is 2. The third-order valence-corrected chi connectivity index (χ3v) is 10.8. The number of hydrogen-bond acceptors (Lipinski definition) is 1. The highest BCUT2D eigenvalue weighted by Crippen LogP contribution is 2.39. The third kappa shape index (κ3) is 6.24. The fourth-order valence-corrected chi connectivity index (χ4v) is 8.00. The van der Waals surface area contributed by atoms with Crippen LogP contribution in [0.3, 0.4) is 0 Å². The third-order valence-electron chi connectivity index (χ3n) is 10.8. The normalized spacial score (nSPS) is 11.2. The first-order valence-electron chi connectivity index (χ1n) is 19.2. The zero-order valence-electron chi connectivity index (χ0n) is 30.8. The average molecular weight is 715 g/mol. The van der Waals surface area contributed by atoms with E-state index in [1.807, 2.05) is 0 Å². The van der Waals surface area contributed by atoms with Crippen molar-refractivity contribution in [1.82, 2.24) is 4.57 Å². The summed E-state index contributed by atoms with van der Waals surface area (Å²) in [5, 5.41) is 2.50. The fourth-order valence-electron chi connectivity index (χ4n) is 8.00. The van der Waals surface area contributed by atoms with Crippen LogP contribution in [0.2, 0.25) is 0 Å². The lowest BCUT2D eigenvalue weighted by molar-refractivity contribution is 1.18. The van der Waals surface area contributed by atoms with Crippen molar-refractivity contribution in [3.05, 3.63) is 231 Å². The van der Waals surface area contributed by atoms with Gasteiger partial charge in [0.25, 0.3) is 0 Å². The maximum absolute atomic E-state index is 2.39. The van der Waals surface area contributed by atoms with Gasteiger partial charge in [0.2, 0.25) is 0 Å². The molecule has 10 aromatic rings. The number of benzene rings is 9. The fraction of sp³-hybridized carbons (Fsp3) is 0. The van der Waals surface area contributed by atoms with E-state index < -0.39 is 0 Å². The topological polar surface area (TPSA) is 8.17 Å². The summed E-state index contributed by atoms with van der Waals surface area (Å²) in [4.78, 5) is 2.32. The van der Waals surface area contributed by atoms with Crippen LogP contribution in [0.5, 0.6) is 0 Å². The van der Waals surface area contributed by atoms with Gasteiger partial charge in [0.1, 0.15) is 0 Å². The van der Waals surface area contributed by atoms with Gasteiger partial charge in [-0.15, -0.1) is 0 Å². The van der Waals surface area contributed by atoms with Crippen LogP contribution in [0, 0.1) is 0 Å². The first-order valence-corrected chi connectivity index (χ1v) is 19.2. The average Bonchev–Trinajstić information content (AvgIpc) is 3.62. The Kier molecular flexibility index (Phi) is 8.55. The smallest absolute Gasteiger partial charge is 0.0541 e. The molecule has 0 spiro atoms. The van der Waals surface area contributed by atoms with Crippen LogP contribution < -0.4 is 4.90 Å². The SMILES string of the molecule is c1ccc(-c2ccc(N(c3ccccc3)c3ccc(-c4cccc(-c5ccc6c(c5)c5ccccc5n6-c5ccc(-c6ccccc6)cc5)c4)cc3)cc2)cc1. The molecule has 2 heteroatoms. The Labute approximate surface area is 327 Å². The molecule has 1 aromatic heterocycles. The van der Waals surface area contributed by atoms with Gasteiger partial charge in [-0.2, -0.15) is 0 Å². The summed E-state index contributed by atoms with van der Waals surface area (Å²) in [5.41, 5.74) is 16.5. The van der Waals surface area contributed by atoms with Gasteiger partial charge < -0.3 is 9.47 Å². The lowest BCUT2D eigenvalue weighted by Gasteiger charge is -2.26. The number of hydrogen-bond donors (Lipinski definition) is 0. The molecule has 0 aliphatic heterocycles. The van der Waals surface area contributed by atoms with E-state index in [4.69, 9.17) is 0 Å². The van der Waals surface area contributed by atoms with E-state index in [-0.39, 0.29) is 0 Å². The number of aromatic nitrogens is 1. The van der Waals surface area contributed by atoms with Crippen LogP contribution in [0.4, 0.5) is 17.1 Å². The van der Waals surface area contributed by atoms with E-state index in [2.05, 4.69) is 240 Å². The molecule has 0 amide bonds. The van der Waals surface area contributed by atoms with E-state index >= 15 is 0 Å². The first kappa shape index (κ1) is 33.2. The maximum atomic E-state index is 2.39. The lowest BCUT2D eigenvalue weighted by Crippen LogP contribution is -2.09. The molecule has 0 radical (unpaired) electrons. The van der Waals surface area contributed by atoms with Crippen LogP contribution in [0.25, 0.3) is 72.0 Å². The van der Waals surface area contributed by atoms with Crippen LogP contribution >= 0.6 is 0 Å². The standard InChI is InChI=1S/C54H38N2/c1-4-13-39(14-5-1)41-23-30-48(31-24-41)55(47-19-8-3-9-20-47)49-32-27-43(28-33-49)44-17-12-18-45(37-44)46-29-36-54-52(38-46)51-21-10-11-22-53(51)56(54)50-34-25-42(26-35-50)40-15-6-2-7-16-40/h1-38H. The van der Waals surface area contributed by atoms with Gasteiger partial charge in [-0.25, -0.2) is 0 Å². The second-order valence-electron chi connectivity index (χ2n) is 14.2. The Morgan fingerprint density at radius 3 is 1.25 bits per heavy atom. The molecule has 0 saturated carbocycles. The summed E-state index contributed by atoms with van der Waals surface area (Å²) >= 11 is 0. The van der Waals surface area contributed by atoms with Crippen molar-refractivity contribution in [2.24, 2.45) is 0 Å². The Hall–Kier alpha value is -7.42. The molecule has 0 N–H and O–H groups in total. The largest absolute Gasteiger partial charge is 0.311 e. The van der Waals surface area contributed by atoms with Crippen LogP contribution in [0.1, 0.15) is 0 Å². The zero-order valence-corrected chi connectivity index (χ0v) is 30.8. The van der Waals surface area contributed by atoms with Crippen LogP contribution in [-0.4, -0.2) is 4.57 Å². The summed E-state index contributed by atoms with van der Waals surface area (Å²) in [6, 6.07) is 82.9. The molecule has 0 unspecified atom stereocenters. The molecule has 1 heterocycles. The van der Waals surface area contributed by atoms with Crippen molar-refractivity contribution < 1.29 is 0 Å². The second kappa shape index (κ2) is 14.4. The second-order valence-corrected chi connectivity index (χ2v) is 14.2. The van der Waals surface area contributed by atoms with E-state index in [0.29, 0.717) is 0 Å². The Morgan fingerprint density at radius 2 is 0.643 bits per heavy atom. The Morgan fingerprint density at radius 1 is 0.250 bits per heavy atom. The summed E-state index contributed by atoms with van der Waals surface area (Å²) < 4.78 is 2.39. The molecule has 2 nitrogen and oxygen atoms in total. The monoisotopic (exact) mass is 714 g/mol. The van der Waals surface area contributed by atoms with Crippen LogP contribution in [-0.2, 0) is 0 Å². The number of para-hydroxylation sites is 2. The minimum atomic E-state index is 1.11. The number of rotatable bonds is 8. The van der Waals surface area contributed by atoms with Crippen molar-refractivity contribution in [1.29, 1.82) is 0 Å². The van der Waals surface area contributed by atoms with Gasteiger partial charge in [0, 0.05) is 33.5 Å². The predicted molar refractivity (Wildman–Crippen MR) is 237 cm³/mol. The van der Waals surface area contributed by atoms with E-state index in [9.17, 15) is 0 Å². The number of anilines is 3. The Bertz CT molecular complexity index is 2910. The zero-order chi connectivity index (χ0) is 37.3. The minimum absolute atomic E-state index is 1.11. The van der Waals surface area contributed by atoms with E-state index in [0.717, 1.165) is 22.7 Å². The number of fused-ring (bicyclic) bond motifs is 3. The van der Waals surface area contributed by atoms with Crippen molar-refractivity contribution in [2.75, 3.05) is 4.90 Å². The molecule has 0 fully saturated rings. The molecule has 264 valence electrons. The Balaban J connectivity index is 0.970. The molecular weight excluding hydrogens is 677 g/mol. The minimum Gasteiger partial charge on any atom is -0.311 e. The summed E-state index contributed by atoms with van der Waals surface area (Å²) in [7, 11) is 0. The van der Waals surface area contributed by atoms with Gasteiger partial charge >= 0.3 is 0 Å². The van der Waals surface area contributed by atoms with Crippen molar-refractivity contribution >= 4 is 38.9 Å². The van der Waals surface area contributed by atoms with Crippen molar-refractivity contribution in [3.8, 4) is 50.2 Å². The van der Waals surface area contributed by atoms with E-state index in [1.165, 1.54) is 66.3 Å². The van der Waals surface area contributed by atoms with Gasteiger partial charge in [-0.3, -0.25) is 0 Å². The highest BCUT2D eigenvalue weighted by molar-refractivity contribution is 6.10. The summed E-state index contributed by atoms with van der Waals surface area (Å²) in [5.74, 6) is 0. The first-order chi connectivity index (χ1) is 27.8. The summed E-state index contributed by atoms with van der Waals surface area (Å²) in [6.45, 7) is 0. The molecule has 0 bridgehead atoms. The molecule has 0 aliphatic carbocycles. The highest BCUT2D eigenvalue weighted by atomic mass is 15.1. The van der Waals surface area contributed by atoms with Gasteiger partial charge in [-0.1, -0.05) is 158 Å². The molecule has 0 saturated heterocycles. The molecule has 9 aromatic carbocycles. The molecule has 0 aliphatic rings. The van der Waals surface area contributed by atoms with Crippen molar-refractivity contribution in [2.45, 2.75) is 0 Å². The predicted octanol–water partition coefficient (Wildman–Crippen LogP) is 14.9. The van der Waals surface area contributed by atoms with Gasteiger partial charge in [0.05, 0.1) is 11.0 Å². The highest BCUT2D eigenvalue weighted by Gasteiger charge is 2.15. The lowest BCUT2D eigenvalue weighted by atomic mass is 9.97. The maximum Gasteiger partial charge on any atom is 0.0541 e. The molecular formula is C54H38N2. The van der Waals surface area contributed by atoms with Crippen molar-refractivity contribution in [3.63, 3.8) is 0 Å². The quantitative estimate of drug-likeness (QED) is 0.152.